The van der Waals surface area contributed by atoms with Crippen molar-refractivity contribution >= 4 is 88.0 Å². The van der Waals surface area contributed by atoms with Gasteiger partial charge < -0.3 is 14.3 Å². The van der Waals surface area contributed by atoms with Gasteiger partial charge in [0.2, 0.25) is 5.96 Å². The fourth-order valence-electron chi connectivity index (χ4n) is 9.70. The summed E-state index contributed by atoms with van der Waals surface area (Å²) < 4.78 is 11.8. The summed E-state index contributed by atoms with van der Waals surface area (Å²) in [4.78, 5) is 5.44. The van der Waals surface area contributed by atoms with Gasteiger partial charge in [0.25, 0.3) is 0 Å². The molecule has 9 aromatic carbocycles. The molecular weight excluding hydrogens is 721 g/mol. The second-order valence-corrected chi connectivity index (χ2v) is 15.6. The van der Waals surface area contributed by atoms with E-state index in [1.807, 2.05) is 0 Å². The Bertz CT molecular complexity index is 3700. The highest BCUT2D eigenvalue weighted by Crippen LogP contribution is 2.45. The van der Waals surface area contributed by atoms with Gasteiger partial charge in [0.1, 0.15) is 11.2 Å². The first kappa shape index (κ1) is 32.2. The van der Waals surface area contributed by atoms with Crippen molar-refractivity contribution in [2.75, 3.05) is 0 Å². The summed E-state index contributed by atoms with van der Waals surface area (Å²) in [5.74, 6) is 0.765. The van der Waals surface area contributed by atoms with E-state index in [1.165, 1.54) is 27.1 Å². The number of fused-ring (bicyclic) bond motifs is 12. The molecule has 0 bridgehead atoms. The standard InChI is InChI=1S/C54H34N4O/c1-3-15-33(16-4-1)35-29-44-40-28-27-34-17-7-8-20-37(34)52(40)59-53(44)45(30-35)51-41-23-9-12-24-46(41)55-54(56-51)58-48-26-14-11-22-39(48)43-31-42-38-21-10-13-25-47(38)57(49(42)32-50(43)58)36-18-5-2-6-19-36/h1-32,51H,(H,55,56). The van der Waals surface area contributed by atoms with Crippen LogP contribution in [-0.4, -0.2) is 15.1 Å². The molecule has 5 nitrogen and oxygen atoms in total. The highest BCUT2D eigenvalue weighted by molar-refractivity contribution is 6.22. The van der Waals surface area contributed by atoms with Crippen molar-refractivity contribution in [1.29, 1.82) is 0 Å². The maximum absolute atomic E-state index is 7.07. The quantitative estimate of drug-likeness (QED) is 0.195. The molecule has 276 valence electrons. The zero-order valence-electron chi connectivity index (χ0n) is 31.8. The maximum Gasteiger partial charge on any atom is 0.209 e. The molecule has 0 amide bonds. The minimum absolute atomic E-state index is 0.271. The van der Waals surface area contributed by atoms with E-state index in [9.17, 15) is 0 Å². The minimum Gasteiger partial charge on any atom is -0.455 e. The predicted molar refractivity (Wildman–Crippen MR) is 244 cm³/mol. The number of nitrogens with one attached hydrogen (secondary N) is 1. The van der Waals surface area contributed by atoms with E-state index in [-0.39, 0.29) is 6.04 Å². The molecule has 0 fully saturated rings. The van der Waals surface area contributed by atoms with Gasteiger partial charge >= 0.3 is 0 Å². The molecule has 0 radical (unpaired) electrons. The molecule has 0 saturated carbocycles. The van der Waals surface area contributed by atoms with Crippen molar-refractivity contribution in [2.45, 2.75) is 6.04 Å². The van der Waals surface area contributed by atoms with Crippen LogP contribution in [0.3, 0.4) is 0 Å². The highest BCUT2D eigenvalue weighted by Gasteiger charge is 2.30. The van der Waals surface area contributed by atoms with Gasteiger partial charge in [0.05, 0.1) is 33.8 Å². The molecule has 3 aromatic heterocycles. The van der Waals surface area contributed by atoms with Crippen molar-refractivity contribution in [3.8, 4) is 16.8 Å². The van der Waals surface area contributed by atoms with Crippen LogP contribution >= 0.6 is 0 Å². The second kappa shape index (κ2) is 12.3. The average molecular weight is 755 g/mol. The largest absolute Gasteiger partial charge is 0.455 e. The second-order valence-electron chi connectivity index (χ2n) is 15.6. The summed E-state index contributed by atoms with van der Waals surface area (Å²) in [6.07, 6.45) is 0. The van der Waals surface area contributed by atoms with Crippen LogP contribution in [0, 0.1) is 0 Å². The third kappa shape index (κ3) is 4.70. The zero-order valence-corrected chi connectivity index (χ0v) is 31.8. The summed E-state index contributed by atoms with van der Waals surface area (Å²) in [5.41, 5.74) is 12.8. The van der Waals surface area contributed by atoms with Crippen LogP contribution in [0.1, 0.15) is 17.2 Å². The van der Waals surface area contributed by atoms with Crippen LogP contribution in [0.15, 0.2) is 204 Å². The number of rotatable bonds is 3. The molecule has 1 N–H and O–H groups in total. The molecule has 4 heterocycles. The molecule has 1 aliphatic rings. The molecule has 12 aromatic rings. The molecule has 59 heavy (non-hydrogen) atoms. The first-order chi connectivity index (χ1) is 29.3. The van der Waals surface area contributed by atoms with Gasteiger partial charge in [-0.1, -0.05) is 133 Å². The van der Waals surface area contributed by atoms with E-state index in [2.05, 4.69) is 209 Å². The minimum atomic E-state index is -0.271. The molecular formula is C54H34N4O. The Morgan fingerprint density at radius 3 is 1.85 bits per heavy atom. The van der Waals surface area contributed by atoms with Crippen molar-refractivity contribution in [3.63, 3.8) is 0 Å². The highest BCUT2D eigenvalue weighted by atomic mass is 16.3. The van der Waals surface area contributed by atoms with Crippen molar-refractivity contribution in [3.05, 3.63) is 205 Å². The molecule has 0 saturated heterocycles. The normalized spacial score (nSPS) is 14.2. The van der Waals surface area contributed by atoms with Gasteiger partial charge in [-0.15, -0.1) is 0 Å². The van der Waals surface area contributed by atoms with Crippen molar-refractivity contribution < 1.29 is 4.42 Å². The number of aromatic nitrogens is 2. The smallest absolute Gasteiger partial charge is 0.209 e. The monoisotopic (exact) mass is 754 g/mol. The summed E-state index contributed by atoms with van der Waals surface area (Å²) in [5, 5.41) is 13.3. The van der Waals surface area contributed by atoms with Crippen LogP contribution in [-0.2, 0) is 0 Å². The summed E-state index contributed by atoms with van der Waals surface area (Å²) >= 11 is 0. The van der Waals surface area contributed by atoms with Gasteiger partial charge in [0.15, 0.2) is 0 Å². The van der Waals surface area contributed by atoms with Crippen LogP contribution in [0.4, 0.5) is 5.69 Å². The summed E-state index contributed by atoms with van der Waals surface area (Å²) in [6, 6.07) is 69.2. The number of hydrogen-bond acceptors (Lipinski definition) is 3. The number of furan rings is 1. The van der Waals surface area contributed by atoms with Crippen molar-refractivity contribution in [2.24, 2.45) is 4.99 Å². The SMILES string of the molecule is c1ccc(-c2cc(C3NC(n4c5ccccc5c5cc6c7ccccc7n(-c7ccccc7)c6cc54)=Nc4ccccc43)c3oc4c5ccccc5ccc4c3c2)cc1. The Morgan fingerprint density at radius 1 is 0.407 bits per heavy atom. The molecule has 0 aliphatic carbocycles. The van der Waals surface area contributed by atoms with Crippen LogP contribution < -0.4 is 5.32 Å². The van der Waals surface area contributed by atoms with Gasteiger partial charge in [0, 0.05) is 54.5 Å². The fraction of sp³-hybridized carbons (Fsp3) is 0.0185. The summed E-state index contributed by atoms with van der Waals surface area (Å²) in [6.45, 7) is 0. The number of aliphatic imine (C=N–C) groups is 1. The third-order valence-corrected chi connectivity index (χ3v) is 12.3. The topological polar surface area (TPSA) is 47.4 Å². The lowest BCUT2D eigenvalue weighted by Crippen LogP contribution is -2.36. The lowest BCUT2D eigenvalue weighted by atomic mass is 9.91. The lowest BCUT2D eigenvalue weighted by molar-refractivity contribution is 0.649. The van der Waals surface area contributed by atoms with Gasteiger partial charge in [-0.2, -0.15) is 0 Å². The Hall–Kier alpha value is -7.89. The van der Waals surface area contributed by atoms with E-state index in [1.54, 1.807) is 0 Å². The van der Waals surface area contributed by atoms with E-state index >= 15 is 0 Å². The number of benzene rings is 9. The van der Waals surface area contributed by atoms with Crippen LogP contribution in [0.2, 0.25) is 0 Å². The molecule has 13 rings (SSSR count). The van der Waals surface area contributed by atoms with E-state index < -0.39 is 0 Å². The Kier molecular flexibility index (Phi) is 6.72. The van der Waals surface area contributed by atoms with Gasteiger partial charge in [-0.05, 0) is 77.2 Å². The average Bonchev–Trinajstić information content (AvgIpc) is 3.96. The predicted octanol–water partition coefficient (Wildman–Crippen LogP) is 13.8. The van der Waals surface area contributed by atoms with Crippen molar-refractivity contribution in [1.82, 2.24) is 14.5 Å². The maximum atomic E-state index is 7.07. The van der Waals surface area contributed by atoms with E-state index in [4.69, 9.17) is 9.41 Å². The Labute approximate surface area is 338 Å². The number of nitrogens with zero attached hydrogens (tertiary/aromatic N) is 3. The molecule has 1 atom stereocenters. The molecule has 1 unspecified atom stereocenters. The number of para-hydroxylation sites is 4. The van der Waals surface area contributed by atoms with E-state index in [0.717, 1.165) is 88.8 Å². The Balaban J connectivity index is 1.09. The van der Waals surface area contributed by atoms with Gasteiger partial charge in [-0.25, -0.2) is 4.99 Å². The zero-order chi connectivity index (χ0) is 38.6. The fourth-order valence-corrected chi connectivity index (χ4v) is 9.70. The third-order valence-electron chi connectivity index (χ3n) is 12.3. The molecule has 5 heteroatoms. The van der Waals surface area contributed by atoms with Gasteiger partial charge in [-0.3, -0.25) is 4.57 Å². The lowest BCUT2D eigenvalue weighted by Gasteiger charge is -2.29. The van der Waals surface area contributed by atoms with Crippen LogP contribution in [0.5, 0.6) is 0 Å². The summed E-state index contributed by atoms with van der Waals surface area (Å²) in [7, 11) is 0. The Morgan fingerprint density at radius 2 is 1.05 bits per heavy atom. The number of hydrogen-bond donors (Lipinski definition) is 1. The first-order valence-electron chi connectivity index (χ1n) is 20.2. The molecule has 1 aliphatic heterocycles. The first-order valence-corrected chi connectivity index (χ1v) is 20.2. The molecule has 0 spiro atoms. The van der Waals surface area contributed by atoms with Crippen LogP contribution in [0.25, 0.3) is 93.1 Å². The van der Waals surface area contributed by atoms with E-state index in [0.29, 0.717) is 0 Å².